The number of rotatable bonds is 5. The summed E-state index contributed by atoms with van der Waals surface area (Å²) < 4.78 is 45.7. The number of furan rings is 1. The molecular formula is C22H14F3N3O5. The van der Waals surface area contributed by atoms with Gasteiger partial charge in [0.25, 0.3) is 17.7 Å². The summed E-state index contributed by atoms with van der Waals surface area (Å²) in [7, 11) is 0. The number of fused-ring (bicyclic) bond motifs is 1. The van der Waals surface area contributed by atoms with Crippen LogP contribution in [0.4, 0.5) is 24.5 Å². The van der Waals surface area contributed by atoms with Gasteiger partial charge < -0.3 is 15.1 Å². The quantitative estimate of drug-likeness (QED) is 0.567. The third-order valence-corrected chi connectivity index (χ3v) is 4.78. The van der Waals surface area contributed by atoms with Crippen molar-refractivity contribution in [2.75, 3.05) is 17.2 Å². The molecule has 2 N–H and O–H groups in total. The van der Waals surface area contributed by atoms with Gasteiger partial charge in [0.2, 0.25) is 5.91 Å². The Morgan fingerprint density at radius 2 is 1.58 bits per heavy atom. The van der Waals surface area contributed by atoms with E-state index in [0.29, 0.717) is 11.0 Å². The van der Waals surface area contributed by atoms with Gasteiger partial charge in [-0.25, -0.2) is 0 Å². The first-order valence-electron chi connectivity index (χ1n) is 9.46. The van der Waals surface area contributed by atoms with Gasteiger partial charge in [0.15, 0.2) is 5.76 Å². The van der Waals surface area contributed by atoms with Crippen LogP contribution in [0.15, 0.2) is 65.3 Å². The van der Waals surface area contributed by atoms with Crippen molar-refractivity contribution >= 4 is 35.0 Å². The summed E-state index contributed by atoms with van der Waals surface area (Å²) in [6, 6.07) is 11.5. The van der Waals surface area contributed by atoms with Crippen LogP contribution in [-0.4, -0.2) is 35.1 Å². The summed E-state index contributed by atoms with van der Waals surface area (Å²) in [5, 5.41) is 4.36. The van der Waals surface area contributed by atoms with Crippen LogP contribution in [0.5, 0.6) is 0 Å². The molecule has 4 rings (SSSR count). The Hall–Kier alpha value is -4.41. The number of carbonyl (C=O) groups excluding carboxylic acids is 4. The molecule has 1 aromatic heterocycles. The van der Waals surface area contributed by atoms with E-state index in [9.17, 15) is 32.3 Å². The molecule has 0 atom stereocenters. The van der Waals surface area contributed by atoms with Gasteiger partial charge in [-0.15, -0.1) is 0 Å². The molecule has 0 saturated heterocycles. The maximum atomic E-state index is 13.6. The lowest BCUT2D eigenvalue weighted by Crippen LogP contribution is -2.37. The summed E-state index contributed by atoms with van der Waals surface area (Å²) in [4.78, 5) is 49.8. The second kappa shape index (κ2) is 8.26. The molecule has 0 spiro atoms. The number of nitrogens with zero attached hydrogens (tertiary/aromatic N) is 1. The zero-order chi connectivity index (χ0) is 23.8. The largest absolute Gasteiger partial charge is 0.459 e. The monoisotopic (exact) mass is 457 g/mol. The van der Waals surface area contributed by atoms with Gasteiger partial charge >= 0.3 is 6.18 Å². The fourth-order valence-electron chi connectivity index (χ4n) is 3.28. The van der Waals surface area contributed by atoms with E-state index in [0.717, 1.165) is 12.1 Å². The zero-order valence-electron chi connectivity index (χ0n) is 16.6. The van der Waals surface area contributed by atoms with Crippen LogP contribution in [0, 0.1) is 0 Å². The lowest BCUT2D eigenvalue weighted by Gasteiger charge is -2.17. The van der Waals surface area contributed by atoms with E-state index in [1.54, 1.807) is 12.1 Å². The van der Waals surface area contributed by atoms with Crippen LogP contribution in [0.25, 0.3) is 0 Å². The van der Waals surface area contributed by atoms with E-state index in [4.69, 9.17) is 4.42 Å². The Morgan fingerprint density at radius 3 is 2.15 bits per heavy atom. The van der Waals surface area contributed by atoms with Crippen molar-refractivity contribution in [3.63, 3.8) is 0 Å². The Morgan fingerprint density at radius 1 is 0.909 bits per heavy atom. The molecule has 0 unspecified atom stereocenters. The molecule has 8 nitrogen and oxygen atoms in total. The van der Waals surface area contributed by atoms with Gasteiger partial charge in [0.05, 0.1) is 28.6 Å². The van der Waals surface area contributed by atoms with Crippen LogP contribution in [0.1, 0.15) is 36.8 Å². The maximum Gasteiger partial charge on any atom is 0.418 e. The Bertz CT molecular complexity index is 1230. The van der Waals surface area contributed by atoms with Crippen molar-refractivity contribution < 1.29 is 36.8 Å². The number of anilines is 2. The van der Waals surface area contributed by atoms with Crippen LogP contribution in [0.3, 0.4) is 0 Å². The Balaban J connectivity index is 1.51. The van der Waals surface area contributed by atoms with Gasteiger partial charge in [-0.1, -0.05) is 12.1 Å². The van der Waals surface area contributed by atoms with Gasteiger partial charge in [0.1, 0.15) is 6.54 Å². The van der Waals surface area contributed by atoms with E-state index in [1.807, 2.05) is 0 Å². The summed E-state index contributed by atoms with van der Waals surface area (Å²) in [5.74, 6) is -3.27. The first-order valence-corrected chi connectivity index (χ1v) is 9.46. The van der Waals surface area contributed by atoms with Crippen molar-refractivity contribution in [3.8, 4) is 0 Å². The van der Waals surface area contributed by atoms with E-state index in [1.165, 1.54) is 30.5 Å². The normalized spacial score (nSPS) is 13.1. The van der Waals surface area contributed by atoms with E-state index in [-0.39, 0.29) is 22.6 Å². The highest BCUT2D eigenvalue weighted by Gasteiger charge is 2.37. The van der Waals surface area contributed by atoms with Crippen molar-refractivity contribution in [2.24, 2.45) is 0 Å². The van der Waals surface area contributed by atoms with Crippen LogP contribution in [0.2, 0.25) is 0 Å². The van der Waals surface area contributed by atoms with Crippen molar-refractivity contribution in [1.29, 1.82) is 0 Å². The summed E-state index contributed by atoms with van der Waals surface area (Å²) >= 11 is 0. The number of hydrogen-bond donors (Lipinski definition) is 2. The second-order valence-corrected chi connectivity index (χ2v) is 6.98. The molecule has 2 heterocycles. The van der Waals surface area contributed by atoms with E-state index in [2.05, 4.69) is 10.6 Å². The molecule has 3 aromatic rings. The molecule has 168 valence electrons. The minimum Gasteiger partial charge on any atom is -0.459 e. The molecule has 2 aromatic carbocycles. The molecule has 1 aliphatic heterocycles. The van der Waals surface area contributed by atoms with E-state index < -0.39 is 47.6 Å². The third kappa shape index (κ3) is 4.33. The highest BCUT2D eigenvalue weighted by Crippen LogP contribution is 2.37. The number of amides is 4. The molecular weight excluding hydrogens is 443 g/mol. The highest BCUT2D eigenvalue weighted by molar-refractivity contribution is 6.22. The number of carbonyl (C=O) groups is 4. The molecule has 0 aliphatic carbocycles. The lowest BCUT2D eigenvalue weighted by atomic mass is 10.1. The van der Waals surface area contributed by atoms with Gasteiger partial charge in [-0.05, 0) is 42.5 Å². The topological polar surface area (TPSA) is 109 Å². The first-order chi connectivity index (χ1) is 15.6. The molecule has 11 heteroatoms. The fourth-order valence-corrected chi connectivity index (χ4v) is 3.28. The summed E-state index contributed by atoms with van der Waals surface area (Å²) in [6.45, 7) is -0.763. The number of nitrogens with one attached hydrogen (secondary N) is 2. The van der Waals surface area contributed by atoms with Crippen molar-refractivity contribution in [2.45, 2.75) is 6.18 Å². The Kier molecular flexibility index (Phi) is 5.46. The minimum atomic E-state index is -4.87. The van der Waals surface area contributed by atoms with Gasteiger partial charge in [0, 0.05) is 5.69 Å². The predicted octanol–water partition coefficient (Wildman–Crippen LogP) is 3.79. The highest BCUT2D eigenvalue weighted by atomic mass is 19.4. The number of benzene rings is 2. The number of hydrogen-bond acceptors (Lipinski definition) is 5. The molecule has 4 amide bonds. The predicted molar refractivity (Wildman–Crippen MR) is 109 cm³/mol. The lowest BCUT2D eigenvalue weighted by molar-refractivity contribution is -0.137. The van der Waals surface area contributed by atoms with Crippen LogP contribution < -0.4 is 10.6 Å². The number of alkyl halides is 3. The standard InChI is InChI=1S/C22H14F3N3O5/c23-22(24,25)15-10-12(26-19(30)17-6-3-9-33-17)7-8-16(15)27-18(29)11-28-20(31)13-4-1-2-5-14(13)21(28)32/h1-10H,11H2,(H,26,30)(H,27,29). The molecule has 1 aliphatic rings. The first kappa shape index (κ1) is 21.8. The zero-order valence-corrected chi connectivity index (χ0v) is 16.6. The van der Waals surface area contributed by atoms with E-state index >= 15 is 0 Å². The summed E-state index contributed by atoms with van der Waals surface area (Å²) in [6.07, 6.45) is -3.63. The molecule has 0 saturated carbocycles. The SMILES string of the molecule is O=C(CN1C(=O)c2ccccc2C1=O)Nc1ccc(NC(=O)c2ccco2)cc1C(F)(F)F. The van der Waals surface area contributed by atoms with Gasteiger partial charge in [-0.3, -0.25) is 24.1 Å². The Labute approximate surface area is 184 Å². The molecule has 0 fully saturated rings. The molecule has 33 heavy (non-hydrogen) atoms. The third-order valence-electron chi connectivity index (χ3n) is 4.78. The van der Waals surface area contributed by atoms with Crippen molar-refractivity contribution in [1.82, 2.24) is 4.90 Å². The number of imide groups is 1. The fraction of sp³-hybridized carbons (Fsp3) is 0.0909. The molecule has 0 bridgehead atoms. The van der Waals surface area contributed by atoms with Gasteiger partial charge in [-0.2, -0.15) is 13.2 Å². The van der Waals surface area contributed by atoms with Crippen LogP contribution in [-0.2, 0) is 11.0 Å². The minimum absolute atomic E-state index is 0.0955. The summed E-state index contributed by atoms with van der Waals surface area (Å²) in [5.41, 5.74) is -1.77. The average Bonchev–Trinajstić information content (AvgIpc) is 3.39. The second-order valence-electron chi connectivity index (χ2n) is 6.98. The van der Waals surface area contributed by atoms with Crippen LogP contribution >= 0.6 is 0 Å². The van der Waals surface area contributed by atoms with Crippen molar-refractivity contribution in [3.05, 3.63) is 83.3 Å². The molecule has 0 radical (unpaired) electrons. The smallest absolute Gasteiger partial charge is 0.418 e. The number of halogens is 3. The average molecular weight is 457 g/mol. The maximum absolute atomic E-state index is 13.6.